The molecule has 0 heterocycles. The van der Waals surface area contributed by atoms with E-state index in [1.54, 1.807) is 0 Å². The topological polar surface area (TPSA) is 0 Å². The summed E-state index contributed by atoms with van der Waals surface area (Å²) >= 11 is 0. The smallest absolute Gasteiger partial charge is 0.0166 e. The summed E-state index contributed by atoms with van der Waals surface area (Å²) < 4.78 is 0. The van der Waals surface area contributed by atoms with Gasteiger partial charge < -0.3 is 0 Å². The van der Waals surface area contributed by atoms with Gasteiger partial charge in [0.15, 0.2) is 0 Å². The highest BCUT2D eigenvalue weighted by Crippen LogP contribution is 2.01. The summed E-state index contributed by atoms with van der Waals surface area (Å²) in [4.78, 5) is 0. The van der Waals surface area contributed by atoms with E-state index < -0.39 is 0 Å². The molecule has 0 spiro atoms. The molecular weight excluding hydrogens is 156 g/mol. The van der Waals surface area contributed by atoms with Crippen molar-refractivity contribution < 1.29 is 0 Å². The third kappa shape index (κ3) is 6.15. The maximum atomic E-state index is 2.28. The standard InChI is InChI=1S/C13H18/c1-2-4-6-8-10-12-13-11-9-7-5-3-1/h1-4,7,9,12-13H,5-6,8,10-11H2/b3-1?,4-2?,9-7-,13-12+. The van der Waals surface area contributed by atoms with Crippen LogP contribution in [0.25, 0.3) is 0 Å². The molecule has 0 aromatic carbocycles. The highest BCUT2D eigenvalue weighted by molar-refractivity contribution is 5.06. The summed E-state index contributed by atoms with van der Waals surface area (Å²) in [6.45, 7) is 0. The van der Waals surface area contributed by atoms with E-state index in [1.165, 1.54) is 19.3 Å². The molecule has 0 atom stereocenters. The Morgan fingerprint density at radius 3 is 2.08 bits per heavy atom. The van der Waals surface area contributed by atoms with E-state index in [0.29, 0.717) is 0 Å². The van der Waals surface area contributed by atoms with Crippen LogP contribution in [0.15, 0.2) is 48.6 Å². The highest BCUT2D eigenvalue weighted by Gasteiger charge is 1.80. The fourth-order valence-electron chi connectivity index (χ4n) is 1.25. The lowest BCUT2D eigenvalue weighted by Crippen LogP contribution is -1.68. The molecule has 0 amide bonds. The summed E-state index contributed by atoms with van der Waals surface area (Å²) in [5, 5.41) is 0. The summed E-state index contributed by atoms with van der Waals surface area (Å²) in [6.07, 6.45) is 23.5. The third-order valence-electron chi connectivity index (χ3n) is 2.00. The van der Waals surface area contributed by atoms with Crippen LogP contribution in [-0.4, -0.2) is 0 Å². The Balaban J connectivity index is 2.38. The zero-order valence-corrected chi connectivity index (χ0v) is 8.15. The van der Waals surface area contributed by atoms with E-state index in [4.69, 9.17) is 0 Å². The van der Waals surface area contributed by atoms with Crippen LogP contribution in [0.2, 0.25) is 0 Å². The second-order valence-electron chi connectivity index (χ2n) is 3.20. The van der Waals surface area contributed by atoms with Crippen molar-refractivity contribution in [3.63, 3.8) is 0 Å². The first kappa shape index (κ1) is 10.0. The van der Waals surface area contributed by atoms with Crippen molar-refractivity contribution in [3.8, 4) is 0 Å². The molecule has 0 unspecified atom stereocenters. The monoisotopic (exact) mass is 174 g/mol. The van der Waals surface area contributed by atoms with Gasteiger partial charge in [-0.2, -0.15) is 0 Å². The van der Waals surface area contributed by atoms with Crippen LogP contribution in [0.5, 0.6) is 0 Å². The molecule has 0 aromatic heterocycles. The van der Waals surface area contributed by atoms with Crippen LogP contribution in [0, 0.1) is 0 Å². The number of hydrogen-bond acceptors (Lipinski definition) is 0. The van der Waals surface area contributed by atoms with Gasteiger partial charge in [-0.1, -0.05) is 48.6 Å². The van der Waals surface area contributed by atoms with Gasteiger partial charge in [-0.05, 0) is 32.1 Å². The second-order valence-corrected chi connectivity index (χ2v) is 3.20. The summed E-state index contributed by atoms with van der Waals surface area (Å²) in [6, 6.07) is 0. The van der Waals surface area contributed by atoms with E-state index in [0.717, 1.165) is 12.8 Å². The van der Waals surface area contributed by atoms with Crippen LogP contribution in [0.3, 0.4) is 0 Å². The fourth-order valence-corrected chi connectivity index (χ4v) is 1.25. The van der Waals surface area contributed by atoms with Gasteiger partial charge in [-0.15, -0.1) is 0 Å². The summed E-state index contributed by atoms with van der Waals surface area (Å²) in [5.74, 6) is 0. The van der Waals surface area contributed by atoms with E-state index in [2.05, 4.69) is 48.6 Å². The number of allylic oxidation sites excluding steroid dienone is 8. The van der Waals surface area contributed by atoms with Gasteiger partial charge in [0.2, 0.25) is 0 Å². The first-order valence-electron chi connectivity index (χ1n) is 5.12. The maximum Gasteiger partial charge on any atom is -0.0166 e. The maximum absolute atomic E-state index is 2.28. The number of rotatable bonds is 0. The first-order valence-corrected chi connectivity index (χ1v) is 5.12. The molecule has 0 aromatic rings. The van der Waals surface area contributed by atoms with E-state index in [9.17, 15) is 0 Å². The highest BCUT2D eigenvalue weighted by atomic mass is 13.9. The van der Waals surface area contributed by atoms with Crippen LogP contribution < -0.4 is 0 Å². The van der Waals surface area contributed by atoms with Crippen molar-refractivity contribution in [2.24, 2.45) is 0 Å². The molecule has 0 radical (unpaired) electrons. The molecule has 1 aliphatic rings. The predicted molar refractivity (Wildman–Crippen MR) is 59.6 cm³/mol. The van der Waals surface area contributed by atoms with Crippen molar-refractivity contribution in [1.29, 1.82) is 0 Å². The van der Waals surface area contributed by atoms with Crippen LogP contribution in [0.4, 0.5) is 0 Å². The minimum absolute atomic E-state index is 1.05. The molecule has 0 fully saturated rings. The molecule has 1 aliphatic carbocycles. The van der Waals surface area contributed by atoms with Gasteiger partial charge in [0.1, 0.15) is 0 Å². The number of hydrogen-bond donors (Lipinski definition) is 0. The molecule has 0 saturated heterocycles. The average Bonchev–Trinajstić information content (AvgIpc) is 2.18. The molecule has 0 heteroatoms. The molecule has 70 valence electrons. The molecule has 0 nitrogen and oxygen atoms in total. The Kier molecular flexibility index (Phi) is 5.87. The van der Waals surface area contributed by atoms with Gasteiger partial charge >= 0.3 is 0 Å². The molecule has 1 rings (SSSR count). The van der Waals surface area contributed by atoms with Crippen LogP contribution in [-0.2, 0) is 0 Å². The van der Waals surface area contributed by atoms with Gasteiger partial charge in [0.25, 0.3) is 0 Å². The van der Waals surface area contributed by atoms with Crippen molar-refractivity contribution in [2.75, 3.05) is 0 Å². The predicted octanol–water partition coefficient (Wildman–Crippen LogP) is 4.18. The van der Waals surface area contributed by atoms with Gasteiger partial charge in [0.05, 0.1) is 0 Å². The van der Waals surface area contributed by atoms with Gasteiger partial charge in [0, 0.05) is 0 Å². The average molecular weight is 174 g/mol. The lowest BCUT2D eigenvalue weighted by molar-refractivity contribution is 0.866. The largest absolute Gasteiger partial charge is 0.0882 e. The lowest BCUT2D eigenvalue weighted by Gasteiger charge is -1.88. The summed E-state index contributed by atoms with van der Waals surface area (Å²) in [7, 11) is 0. The van der Waals surface area contributed by atoms with E-state index in [1.807, 2.05) is 0 Å². The van der Waals surface area contributed by atoms with Crippen LogP contribution in [0.1, 0.15) is 32.1 Å². The SMILES string of the molecule is C1=CC/C=C\C/C=C/CCCC=C1. The Morgan fingerprint density at radius 2 is 1.15 bits per heavy atom. The third-order valence-corrected chi connectivity index (χ3v) is 2.00. The molecule has 0 N–H and O–H groups in total. The fraction of sp³-hybridized carbons (Fsp3) is 0.385. The van der Waals surface area contributed by atoms with Crippen molar-refractivity contribution >= 4 is 0 Å². The van der Waals surface area contributed by atoms with Gasteiger partial charge in [-0.25, -0.2) is 0 Å². The zero-order valence-electron chi connectivity index (χ0n) is 8.15. The van der Waals surface area contributed by atoms with E-state index >= 15 is 0 Å². The molecule has 0 bridgehead atoms. The Hall–Kier alpha value is -1.04. The normalized spacial score (nSPS) is 24.0. The Morgan fingerprint density at radius 1 is 0.538 bits per heavy atom. The van der Waals surface area contributed by atoms with Crippen molar-refractivity contribution in [2.45, 2.75) is 32.1 Å². The van der Waals surface area contributed by atoms with Crippen LogP contribution >= 0.6 is 0 Å². The molecule has 0 saturated carbocycles. The quantitative estimate of drug-likeness (QED) is 0.483. The zero-order chi connectivity index (χ0) is 9.19. The molecular formula is C13H18. The van der Waals surface area contributed by atoms with Gasteiger partial charge in [-0.3, -0.25) is 0 Å². The molecule has 0 aliphatic heterocycles. The summed E-state index contributed by atoms with van der Waals surface area (Å²) in [5.41, 5.74) is 0. The lowest BCUT2D eigenvalue weighted by atomic mass is 10.2. The minimum atomic E-state index is 1.05. The minimum Gasteiger partial charge on any atom is -0.0882 e. The second kappa shape index (κ2) is 7.60. The molecule has 13 heavy (non-hydrogen) atoms. The van der Waals surface area contributed by atoms with Crippen molar-refractivity contribution in [1.82, 2.24) is 0 Å². The van der Waals surface area contributed by atoms with E-state index in [-0.39, 0.29) is 0 Å². The van der Waals surface area contributed by atoms with Crippen molar-refractivity contribution in [3.05, 3.63) is 48.6 Å². The Labute approximate surface area is 81.4 Å². The first-order chi connectivity index (χ1) is 6.50. The Bertz CT molecular complexity index is 216.